The van der Waals surface area contributed by atoms with Crippen molar-refractivity contribution in [2.75, 3.05) is 7.11 Å². The summed E-state index contributed by atoms with van der Waals surface area (Å²) in [5.74, 6) is 1.51. The number of imidazole rings is 1. The average Bonchev–Trinajstić information content (AvgIpc) is 2.89. The summed E-state index contributed by atoms with van der Waals surface area (Å²) in [6, 6.07) is 16.6. The summed E-state index contributed by atoms with van der Waals surface area (Å²) in [6.07, 6.45) is 0. The number of para-hydroxylation sites is 1. The number of benzene rings is 2. The van der Waals surface area contributed by atoms with Crippen LogP contribution in [0.15, 0.2) is 42.5 Å². The van der Waals surface area contributed by atoms with Gasteiger partial charge in [0, 0.05) is 13.2 Å². The average molecular weight is 267 g/mol. The number of aromatic amines is 1. The van der Waals surface area contributed by atoms with E-state index in [9.17, 15) is 0 Å². The van der Waals surface area contributed by atoms with Crippen LogP contribution < -0.4 is 4.74 Å². The molecule has 3 aromatic rings. The molecule has 0 saturated carbocycles. The highest BCUT2D eigenvalue weighted by molar-refractivity contribution is 5.75. The van der Waals surface area contributed by atoms with Crippen molar-refractivity contribution in [2.24, 2.45) is 0 Å². The van der Waals surface area contributed by atoms with E-state index in [0.29, 0.717) is 19.0 Å². The standard InChI is InChI=1S/C16H15N2O2/c1-19-10-12-7-8-14-15(9-12)18-16(17-14)11-20-13-5-3-2-4-6-13/h2-5,7-9H,10-11H2,1H3,(H,17,18). The number of ether oxygens (including phenoxy) is 2. The molecule has 20 heavy (non-hydrogen) atoms. The molecule has 0 saturated heterocycles. The molecule has 4 heteroatoms. The van der Waals surface area contributed by atoms with Gasteiger partial charge in [-0.2, -0.15) is 0 Å². The third-order valence-corrected chi connectivity index (χ3v) is 2.95. The van der Waals surface area contributed by atoms with E-state index in [0.717, 1.165) is 22.4 Å². The molecule has 101 valence electrons. The number of aromatic nitrogens is 2. The molecule has 1 radical (unpaired) electrons. The minimum absolute atomic E-state index is 0.398. The molecule has 1 aromatic heterocycles. The topological polar surface area (TPSA) is 47.1 Å². The van der Waals surface area contributed by atoms with Crippen LogP contribution in [0.4, 0.5) is 0 Å². The minimum Gasteiger partial charge on any atom is -0.485 e. The van der Waals surface area contributed by atoms with Crippen LogP contribution in [0.3, 0.4) is 0 Å². The first-order valence-corrected chi connectivity index (χ1v) is 6.41. The maximum Gasteiger partial charge on any atom is 0.146 e. The zero-order chi connectivity index (χ0) is 13.8. The second kappa shape index (κ2) is 5.75. The van der Waals surface area contributed by atoms with Crippen LogP contribution in [0, 0.1) is 6.07 Å². The monoisotopic (exact) mass is 267 g/mol. The number of rotatable bonds is 5. The summed E-state index contributed by atoms with van der Waals surface area (Å²) >= 11 is 0. The molecule has 0 aliphatic rings. The van der Waals surface area contributed by atoms with Crippen molar-refractivity contribution in [3.05, 3.63) is 59.9 Å². The van der Waals surface area contributed by atoms with Crippen LogP contribution in [0.1, 0.15) is 11.4 Å². The van der Waals surface area contributed by atoms with Gasteiger partial charge in [0.15, 0.2) is 0 Å². The second-order valence-corrected chi connectivity index (χ2v) is 4.48. The number of hydrogen-bond donors (Lipinski definition) is 1. The first kappa shape index (κ1) is 12.7. The molecule has 0 bridgehead atoms. The number of H-pyrrole nitrogens is 1. The maximum atomic E-state index is 5.63. The molecule has 0 spiro atoms. The fraction of sp³-hybridized carbons (Fsp3) is 0.188. The fourth-order valence-corrected chi connectivity index (χ4v) is 2.05. The molecule has 2 aromatic carbocycles. The lowest BCUT2D eigenvalue weighted by atomic mass is 10.2. The van der Waals surface area contributed by atoms with Crippen LogP contribution in [-0.2, 0) is 18.0 Å². The highest BCUT2D eigenvalue weighted by Gasteiger charge is 2.04. The summed E-state index contributed by atoms with van der Waals surface area (Å²) in [6.45, 7) is 0.995. The number of fused-ring (bicyclic) bond motifs is 1. The lowest BCUT2D eigenvalue weighted by Crippen LogP contribution is -1.97. The van der Waals surface area contributed by atoms with Crippen LogP contribution in [0.25, 0.3) is 11.0 Å². The normalized spacial score (nSPS) is 10.8. The molecular formula is C16H15N2O2. The SMILES string of the molecule is COCc1ccc2nc(COc3[c]cccc3)[nH]c2c1. The zero-order valence-electron chi connectivity index (χ0n) is 11.2. The van der Waals surface area contributed by atoms with E-state index < -0.39 is 0 Å². The Bertz CT molecular complexity index is 692. The first-order chi connectivity index (χ1) is 9.85. The van der Waals surface area contributed by atoms with Crippen molar-refractivity contribution in [1.29, 1.82) is 0 Å². The maximum absolute atomic E-state index is 5.63. The van der Waals surface area contributed by atoms with E-state index in [2.05, 4.69) is 16.0 Å². The van der Waals surface area contributed by atoms with Crippen molar-refractivity contribution < 1.29 is 9.47 Å². The first-order valence-electron chi connectivity index (χ1n) is 6.41. The molecule has 0 atom stereocenters. The van der Waals surface area contributed by atoms with E-state index in [1.807, 2.05) is 42.5 Å². The molecule has 1 N–H and O–H groups in total. The van der Waals surface area contributed by atoms with Crippen molar-refractivity contribution in [3.8, 4) is 5.75 Å². The molecule has 3 rings (SSSR count). The summed E-state index contributed by atoms with van der Waals surface area (Å²) < 4.78 is 10.8. The molecular weight excluding hydrogens is 252 g/mol. The van der Waals surface area contributed by atoms with E-state index in [1.165, 1.54) is 0 Å². The van der Waals surface area contributed by atoms with Crippen LogP contribution >= 0.6 is 0 Å². The lowest BCUT2D eigenvalue weighted by Gasteiger charge is -2.02. The van der Waals surface area contributed by atoms with Gasteiger partial charge in [0.2, 0.25) is 0 Å². The quantitative estimate of drug-likeness (QED) is 0.772. The minimum atomic E-state index is 0.398. The number of nitrogens with zero attached hydrogens (tertiary/aromatic N) is 1. The smallest absolute Gasteiger partial charge is 0.146 e. The predicted octanol–water partition coefficient (Wildman–Crippen LogP) is 3.09. The van der Waals surface area contributed by atoms with Gasteiger partial charge in [0.1, 0.15) is 18.2 Å². The zero-order valence-corrected chi connectivity index (χ0v) is 11.2. The molecule has 0 unspecified atom stereocenters. The van der Waals surface area contributed by atoms with Crippen molar-refractivity contribution in [2.45, 2.75) is 13.2 Å². The van der Waals surface area contributed by atoms with Crippen LogP contribution in [0.5, 0.6) is 5.75 Å². The molecule has 4 nitrogen and oxygen atoms in total. The largest absolute Gasteiger partial charge is 0.485 e. The Morgan fingerprint density at radius 3 is 2.95 bits per heavy atom. The third-order valence-electron chi connectivity index (χ3n) is 2.95. The van der Waals surface area contributed by atoms with Crippen LogP contribution in [0.2, 0.25) is 0 Å². The summed E-state index contributed by atoms with van der Waals surface area (Å²) in [5.41, 5.74) is 3.04. The van der Waals surface area contributed by atoms with E-state index in [4.69, 9.17) is 9.47 Å². The summed E-state index contributed by atoms with van der Waals surface area (Å²) in [7, 11) is 1.69. The predicted molar refractivity (Wildman–Crippen MR) is 76.4 cm³/mol. The highest BCUT2D eigenvalue weighted by Crippen LogP contribution is 2.16. The van der Waals surface area contributed by atoms with Gasteiger partial charge in [-0.05, 0) is 23.8 Å². The van der Waals surface area contributed by atoms with Crippen molar-refractivity contribution >= 4 is 11.0 Å². The van der Waals surface area contributed by atoms with Gasteiger partial charge in [-0.25, -0.2) is 4.98 Å². The van der Waals surface area contributed by atoms with Gasteiger partial charge in [0.25, 0.3) is 0 Å². The van der Waals surface area contributed by atoms with Gasteiger partial charge in [0.05, 0.1) is 17.6 Å². The van der Waals surface area contributed by atoms with E-state index in [1.54, 1.807) is 7.11 Å². The summed E-state index contributed by atoms with van der Waals surface area (Å²) in [5, 5.41) is 0. The second-order valence-electron chi connectivity index (χ2n) is 4.48. The van der Waals surface area contributed by atoms with Gasteiger partial charge in [-0.15, -0.1) is 0 Å². The van der Waals surface area contributed by atoms with E-state index in [-0.39, 0.29) is 0 Å². The van der Waals surface area contributed by atoms with Crippen molar-refractivity contribution in [1.82, 2.24) is 9.97 Å². The van der Waals surface area contributed by atoms with E-state index >= 15 is 0 Å². The van der Waals surface area contributed by atoms with Crippen molar-refractivity contribution in [3.63, 3.8) is 0 Å². The molecule has 0 amide bonds. The number of nitrogens with one attached hydrogen (secondary N) is 1. The van der Waals surface area contributed by atoms with Gasteiger partial charge in [-0.1, -0.05) is 24.3 Å². The Kier molecular flexibility index (Phi) is 3.65. The Hall–Kier alpha value is -2.33. The highest BCUT2D eigenvalue weighted by atomic mass is 16.5. The molecule has 0 aliphatic heterocycles. The Morgan fingerprint density at radius 1 is 1.20 bits per heavy atom. The van der Waals surface area contributed by atoms with Gasteiger partial charge >= 0.3 is 0 Å². The lowest BCUT2D eigenvalue weighted by molar-refractivity contribution is 0.185. The summed E-state index contributed by atoms with van der Waals surface area (Å²) in [4.78, 5) is 7.75. The third kappa shape index (κ3) is 2.81. The number of methoxy groups -OCH3 is 1. The Balaban J connectivity index is 1.75. The Morgan fingerprint density at radius 2 is 2.15 bits per heavy atom. The molecule has 0 fully saturated rings. The van der Waals surface area contributed by atoms with Crippen LogP contribution in [-0.4, -0.2) is 17.1 Å². The fourth-order valence-electron chi connectivity index (χ4n) is 2.05. The van der Waals surface area contributed by atoms with Gasteiger partial charge in [-0.3, -0.25) is 0 Å². The molecule has 1 heterocycles. The molecule has 0 aliphatic carbocycles. The number of hydrogen-bond acceptors (Lipinski definition) is 3. The Labute approximate surface area is 117 Å². The van der Waals surface area contributed by atoms with Gasteiger partial charge < -0.3 is 14.5 Å².